The molecule has 4 aliphatic heterocycles. The molecule has 4 bridgehead atoms. The molecule has 4 heterocycles. The number of likely N-dealkylation sites (N-methyl/N-ethyl adjacent to an activating group) is 2. The maximum Gasteiger partial charge on any atom is 0.394 e. The van der Waals surface area contributed by atoms with E-state index in [1.807, 2.05) is 24.3 Å². The van der Waals surface area contributed by atoms with Gasteiger partial charge in [0.2, 0.25) is 0 Å². The Balaban J connectivity index is 0.000000121. The summed E-state index contributed by atoms with van der Waals surface area (Å²) < 4.78 is 43.8. The summed E-state index contributed by atoms with van der Waals surface area (Å²) in [5, 5.41) is 41.3. The van der Waals surface area contributed by atoms with Crippen LogP contribution in [0, 0.1) is 11.8 Å². The first-order valence-electron chi connectivity index (χ1n) is 16.1. The summed E-state index contributed by atoms with van der Waals surface area (Å²) in [5.74, 6) is 2.38. The van der Waals surface area contributed by atoms with Crippen LogP contribution < -0.4 is 9.47 Å². The third kappa shape index (κ3) is 4.30. The predicted molar refractivity (Wildman–Crippen MR) is 169 cm³/mol. The van der Waals surface area contributed by atoms with Crippen LogP contribution in [0.5, 0.6) is 23.0 Å². The summed E-state index contributed by atoms with van der Waals surface area (Å²) in [7, 11) is -0.291. The molecule has 6 N–H and O–H groups in total. The van der Waals surface area contributed by atoms with Crippen molar-refractivity contribution in [3.8, 4) is 23.0 Å². The van der Waals surface area contributed by atoms with Gasteiger partial charge in [-0.3, -0.25) is 9.11 Å². The normalized spacial score (nSPS) is 39.3. The molecule has 8 aliphatic rings. The lowest BCUT2D eigenvalue weighted by atomic mass is 9.53. The fourth-order valence-corrected chi connectivity index (χ4v) is 10.5. The molecule has 10 atom stereocenters. The van der Waals surface area contributed by atoms with Gasteiger partial charge in [0.25, 0.3) is 0 Å². The maximum atomic E-state index is 10.4. The zero-order valence-electron chi connectivity index (χ0n) is 26.1. The Morgan fingerprint density at radius 1 is 0.702 bits per heavy atom. The van der Waals surface area contributed by atoms with Crippen molar-refractivity contribution in [2.75, 3.05) is 27.2 Å². The highest BCUT2D eigenvalue weighted by atomic mass is 32.3. The highest BCUT2D eigenvalue weighted by molar-refractivity contribution is 7.79. The van der Waals surface area contributed by atoms with Gasteiger partial charge in [0.15, 0.2) is 23.0 Å². The van der Waals surface area contributed by atoms with Gasteiger partial charge in [-0.05, 0) is 76.1 Å². The summed E-state index contributed by atoms with van der Waals surface area (Å²) >= 11 is 0. The number of aromatic hydroxyl groups is 2. The molecule has 2 spiro atoms. The molecule has 10 rings (SSSR count). The molecule has 0 radical (unpaired) electrons. The number of aliphatic hydroxyl groups excluding tert-OH is 2. The van der Waals surface area contributed by atoms with Gasteiger partial charge in [-0.2, -0.15) is 8.42 Å². The molecular weight excluding hydrogens is 628 g/mol. The molecule has 12 nitrogen and oxygen atoms in total. The Morgan fingerprint density at radius 3 is 1.47 bits per heavy atom. The van der Waals surface area contributed by atoms with Crippen molar-refractivity contribution in [1.82, 2.24) is 9.80 Å². The Morgan fingerprint density at radius 2 is 1.09 bits per heavy atom. The van der Waals surface area contributed by atoms with Gasteiger partial charge in [-0.1, -0.05) is 36.4 Å². The van der Waals surface area contributed by atoms with E-state index in [1.165, 1.54) is 22.3 Å². The van der Waals surface area contributed by atoms with Crippen molar-refractivity contribution in [2.45, 2.75) is 73.0 Å². The Labute approximate surface area is 273 Å². The lowest BCUT2D eigenvalue weighted by Crippen LogP contribution is -2.64. The summed E-state index contributed by atoms with van der Waals surface area (Å²) in [6.45, 7) is 2.02. The van der Waals surface area contributed by atoms with Gasteiger partial charge in [0.05, 0.1) is 0 Å². The van der Waals surface area contributed by atoms with Crippen molar-refractivity contribution in [3.63, 3.8) is 0 Å². The lowest BCUT2D eigenvalue weighted by Gasteiger charge is -2.56. The van der Waals surface area contributed by atoms with Gasteiger partial charge in [-0.25, -0.2) is 0 Å². The number of ether oxygens (including phenoxy) is 2. The van der Waals surface area contributed by atoms with E-state index in [2.05, 4.69) is 36.0 Å². The molecule has 252 valence electrons. The minimum atomic E-state index is -4.67. The number of hydrogen-bond acceptors (Lipinski definition) is 10. The molecule has 2 unspecified atom stereocenters. The second kappa shape index (κ2) is 10.4. The highest BCUT2D eigenvalue weighted by Gasteiger charge is 2.65. The van der Waals surface area contributed by atoms with Gasteiger partial charge < -0.3 is 39.7 Å². The average Bonchev–Trinajstić information content (AvgIpc) is 3.56. The molecule has 4 aliphatic carbocycles. The standard InChI is InChI=1S/2C17H19NO3.H2O4S/c2*1-18-7-6-17-10-3-5-13(20)16(17)21-15-12(19)4-2-9(14(15)17)8-11(10)18;1-5(2,3)4/h2*2-5,10-11,13,16,19-20H,6-8H2,1H3;(H2,1,2,3,4)/t2*10-,11+,13-,16?,17-;/m11./s1. The molecule has 13 heteroatoms. The topological polar surface area (TPSA) is 180 Å². The number of benzene rings is 2. The molecule has 2 aromatic carbocycles. The maximum absolute atomic E-state index is 10.4. The molecular formula is C34H40N2O10S. The number of likely N-dealkylation sites (tertiary alicyclic amines) is 2. The zero-order valence-corrected chi connectivity index (χ0v) is 26.9. The van der Waals surface area contributed by atoms with Gasteiger partial charge >= 0.3 is 10.4 Å². The van der Waals surface area contributed by atoms with Crippen LogP contribution in [-0.4, -0.2) is 111 Å². The Kier molecular flexibility index (Phi) is 6.90. The van der Waals surface area contributed by atoms with Crippen LogP contribution in [0.3, 0.4) is 0 Å². The highest BCUT2D eigenvalue weighted by Crippen LogP contribution is 2.63. The van der Waals surface area contributed by atoms with Gasteiger partial charge in [0.1, 0.15) is 24.4 Å². The summed E-state index contributed by atoms with van der Waals surface area (Å²) in [4.78, 5) is 4.87. The number of rotatable bonds is 0. The van der Waals surface area contributed by atoms with E-state index in [4.69, 9.17) is 27.0 Å². The third-order valence-electron chi connectivity index (χ3n) is 12.3. The van der Waals surface area contributed by atoms with Crippen molar-refractivity contribution in [2.24, 2.45) is 11.8 Å². The molecule has 2 fully saturated rings. The van der Waals surface area contributed by atoms with Crippen molar-refractivity contribution in [3.05, 3.63) is 70.8 Å². The first kappa shape index (κ1) is 31.1. The van der Waals surface area contributed by atoms with Gasteiger partial charge in [0, 0.05) is 45.9 Å². The summed E-state index contributed by atoms with van der Waals surface area (Å²) in [5.41, 5.74) is 4.58. The van der Waals surface area contributed by atoms with Crippen molar-refractivity contribution < 1.29 is 47.4 Å². The molecule has 0 amide bonds. The number of hydrogen-bond donors (Lipinski definition) is 6. The minimum absolute atomic E-state index is 0.160. The van der Waals surface area contributed by atoms with E-state index >= 15 is 0 Å². The quantitative estimate of drug-likeness (QED) is 0.177. The van der Waals surface area contributed by atoms with E-state index in [1.54, 1.807) is 12.1 Å². The molecule has 47 heavy (non-hydrogen) atoms. The number of nitrogens with zero attached hydrogens (tertiary/aromatic N) is 2. The van der Waals surface area contributed by atoms with Crippen LogP contribution >= 0.6 is 0 Å². The molecule has 2 saturated heterocycles. The van der Waals surface area contributed by atoms with E-state index in [0.717, 1.165) is 38.8 Å². The second-order valence-corrected chi connectivity index (χ2v) is 15.2. The number of aliphatic hydroxyl groups is 2. The summed E-state index contributed by atoms with van der Waals surface area (Å²) in [6.07, 6.45) is 10.4. The van der Waals surface area contributed by atoms with Crippen LogP contribution in [0.2, 0.25) is 0 Å². The zero-order chi connectivity index (χ0) is 33.2. The van der Waals surface area contributed by atoms with E-state index in [0.29, 0.717) is 35.4 Å². The number of phenols is 2. The second-order valence-electron chi connectivity index (χ2n) is 14.3. The van der Waals surface area contributed by atoms with Crippen LogP contribution in [0.4, 0.5) is 0 Å². The van der Waals surface area contributed by atoms with E-state index in [9.17, 15) is 20.4 Å². The average molecular weight is 669 g/mol. The van der Waals surface area contributed by atoms with Crippen LogP contribution in [0.15, 0.2) is 48.6 Å². The fourth-order valence-electron chi connectivity index (χ4n) is 10.5. The minimum Gasteiger partial charge on any atom is -0.504 e. The number of piperidine rings is 2. The van der Waals surface area contributed by atoms with Crippen LogP contribution in [-0.2, 0) is 34.1 Å². The fraction of sp³-hybridized carbons (Fsp3) is 0.529. The smallest absolute Gasteiger partial charge is 0.394 e. The Bertz CT molecular complexity index is 1690. The van der Waals surface area contributed by atoms with Crippen LogP contribution in [0.25, 0.3) is 0 Å². The lowest BCUT2D eigenvalue weighted by molar-refractivity contribution is -0.0453. The van der Waals surface area contributed by atoms with E-state index < -0.39 is 22.6 Å². The molecule has 0 aromatic heterocycles. The largest absolute Gasteiger partial charge is 0.504 e. The Hall–Kier alpha value is -3.17. The van der Waals surface area contributed by atoms with Crippen LogP contribution in [0.1, 0.15) is 35.1 Å². The van der Waals surface area contributed by atoms with Crippen molar-refractivity contribution in [1.29, 1.82) is 0 Å². The first-order valence-corrected chi connectivity index (χ1v) is 17.5. The van der Waals surface area contributed by atoms with Gasteiger partial charge in [-0.15, -0.1) is 0 Å². The van der Waals surface area contributed by atoms with Crippen molar-refractivity contribution >= 4 is 10.4 Å². The summed E-state index contributed by atoms with van der Waals surface area (Å²) in [6, 6.07) is 8.45. The van der Waals surface area contributed by atoms with E-state index in [-0.39, 0.29) is 34.5 Å². The predicted octanol–water partition coefficient (Wildman–Crippen LogP) is 1.74. The number of phenolic OH excluding ortho intramolecular Hbond substituents is 2. The third-order valence-corrected chi connectivity index (χ3v) is 12.3. The first-order chi connectivity index (χ1) is 22.3. The molecule has 0 saturated carbocycles. The molecule has 2 aromatic rings. The monoisotopic (exact) mass is 668 g/mol. The SMILES string of the molecule is CN1CC[C@@]23c4c5ccc(O)c4OC2[C@H](O)C=C[C@@H]3[C@@H]1C5.CN1CC[C@@]23c4c5ccc(O)c4OC2[C@H](O)C=C[C@@H]3[C@@H]1C5.O=S(=O)(O)O.